The summed E-state index contributed by atoms with van der Waals surface area (Å²) in [5, 5.41) is 0. The summed E-state index contributed by atoms with van der Waals surface area (Å²) >= 11 is 0. The highest BCUT2D eigenvalue weighted by molar-refractivity contribution is 5.76. The van der Waals surface area contributed by atoms with Crippen LogP contribution in [0.2, 0.25) is 0 Å². The lowest BCUT2D eigenvalue weighted by Crippen LogP contribution is -2.51. The first-order valence-electron chi connectivity index (χ1n) is 10.1. The average Bonchev–Trinajstić information content (AvgIpc) is 2.95. The van der Waals surface area contributed by atoms with Crippen molar-refractivity contribution in [2.75, 3.05) is 26.2 Å². The van der Waals surface area contributed by atoms with Gasteiger partial charge in [-0.05, 0) is 66.7 Å². The Morgan fingerprint density at radius 1 is 1.23 bits per heavy atom. The van der Waals surface area contributed by atoms with Crippen LogP contribution < -0.4 is 0 Å². The molecule has 1 spiro atoms. The molecule has 0 aromatic rings. The number of nitrogens with zero attached hydrogens (tertiary/aromatic N) is 2. The van der Waals surface area contributed by atoms with Crippen LogP contribution in [0.5, 0.6) is 0 Å². The maximum atomic E-state index is 12.4. The third kappa shape index (κ3) is 5.60. The van der Waals surface area contributed by atoms with Gasteiger partial charge in [0.05, 0.1) is 18.2 Å². The van der Waals surface area contributed by atoms with E-state index < -0.39 is 5.60 Å². The van der Waals surface area contributed by atoms with Crippen molar-refractivity contribution < 1.29 is 19.1 Å². The zero-order valence-corrected chi connectivity index (χ0v) is 17.2. The van der Waals surface area contributed by atoms with Gasteiger partial charge >= 0.3 is 6.09 Å². The number of hydrogen-bond acceptors (Lipinski definition) is 4. The number of piperidine rings is 1. The molecule has 0 unspecified atom stereocenters. The first-order chi connectivity index (χ1) is 12.2. The molecule has 2 rings (SSSR count). The van der Waals surface area contributed by atoms with E-state index in [1.807, 2.05) is 39.5 Å². The molecule has 0 saturated carbocycles. The second-order valence-corrected chi connectivity index (χ2v) is 8.57. The Bertz CT molecular complexity index is 499. The van der Waals surface area contributed by atoms with E-state index in [0.29, 0.717) is 13.0 Å². The van der Waals surface area contributed by atoms with Crippen LogP contribution in [0.1, 0.15) is 73.1 Å². The Hall–Kier alpha value is -1.30. The second-order valence-electron chi connectivity index (χ2n) is 8.57. The summed E-state index contributed by atoms with van der Waals surface area (Å²) in [5.74, 6) is 0.207. The molecule has 0 aromatic heterocycles. The smallest absolute Gasteiger partial charge is 0.410 e. The van der Waals surface area contributed by atoms with Crippen LogP contribution in [0.3, 0.4) is 0 Å². The zero-order chi connectivity index (χ0) is 19.4. The van der Waals surface area contributed by atoms with Gasteiger partial charge in [0.25, 0.3) is 0 Å². The van der Waals surface area contributed by atoms with Gasteiger partial charge in [-0.25, -0.2) is 4.79 Å². The highest BCUT2D eigenvalue weighted by atomic mass is 16.6. The number of ether oxygens (including phenoxy) is 2. The maximum Gasteiger partial charge on any atom is 0.410 e. The fraction of sp³-hybridized carbons (Fsp3) is 0.900. The molecule has 2 atom stereocenters. The highest BCUT2D eigenvalue weighted by Gasteiger charge is 2.44. The fourth-order valence-electron chi connectivity index (χ4n) is 4.00. The van der Waals surface area contributed by atoms with E-state index in [1.165, 1.54) is 0 Å². The second kappa shape index (κ2) is 8.59. The topological polar surface area (TPSA) is 59.1 Å². The lowest BCUT2D eigenvalue weighted by Gasteiger charge is -2.40. The molecular weight excluding hydrogens is 332 g/mol. The van der Waals surface area contributed by atoms with Crippen LogP contribution in [-0.2, 0) is 14.3 Å². The first-order valence-corrected chi connectivity index (χ1v) is 10.1. The third-order valence-corrected chi connectivity index (χ3v) is 5.33. The molecule has 2 fully saturated rings. The minimum absolute atomic E-state index is 0.119. The molecule has 0 aromatic carbocycles. The monoisotopic (exact) mass is 368 g/mol. The molecule has 2 heterocycles. The van der Waals surface area contributed by atoms with Crippen LogP contribution in [0, 0.1) is 0 Å². The summed E-state index contributed by atoms with van der Waals surface area (Å²) in [5.41, 5.74) is -0.733. The maximum absolute atomic E-state index is 12.4. The molecule has 150 valence electrons. The van der Waals surface area contributed by atoms with Gasteiger partial charge in [-0.15, -0.1) is 0 Å². The number of hydrogen-bond donors (Lipinski definition) is 0. The molecule has 0 radical (unpaired) electrons. The van der Waals surface area contributed by atoms with Crippen molar-refractivity contribution in [1.29, 1.82) is 0 Å². The summed E-state index contributed by atoms with van der Waals surface area (Å²) in [6, 6.07) is 0. The fourth-order valence-corrected chi connectivity index (χ4v) is 4.00. The molecule has 2 aliphatic rings. The SMILES string of the molecule is CCN(CC)C(=O)CC[C@@H]1CC[C@@]2(CCCN(C(=O)OC(C)(C)C)C2)O1. The Morgan fingerprint density at radius 2 is 1.92 bits per heavy atom. The summed E-state index contributed by atoms with van der Waals surface area (Å²) in [6.07, 6.45) is 5.01. The number of amides is 2. The highest BCUT2D eigenvalue weighted by Crippen LogP contribution is 2.39. The standard InChI is InChI=1S/C20H36N2O4/c1-6-21(7-2)17(23)10-9-16-11-13-20(25-16)12-8-14-22(15-20)18(24)26-19(3,4)5/h16H,6-15H2,1-5H3/t16-,20-/m1/s1. The van der Waals surface area contributed by atoms with Gasteiger partial charge in [0.2, 0.25) is 5.91 Å². The predicted octanol–water partition coefficient (Wildman–Crippen LogP) is 3.58. The van der Waals surface area contributed by atoms with Crippen molar-refractivity contribution >= 4 is 12.0 Å². The van der Waals surface area contributed by atoms with Crippen molar-refractivity contribution in [2.24, 2.45) is 0 Å². The van der Waals surface area contributed by atoms with Crippen LogP contribution in [0.15, 0.2) is 0 Å². The normalized spacial score (nSPS) is 26.2. The Kier molecular flexibility index (Phi) is 6.94. The van der Waals surface area contributed by atoms with Crippen molar-refractivity contribution in [1.82, 2.24) is 9.80 Å². The molecule has 0 N–H and O–H groups in total. The molecule has 2 aliphatic heterocycles. The molecule has 26 heavy (non-hydrogen) atoms. The summed E-state index contributed by atoms with van der Waals surface area (Å²) < 4.78 is 11.9. The Labute approximate surface area is 158 Å². The van der Waals surface area contributed by atoms with E-state index in [2.05, 4.69) is 0 Å². The van der Waals surface area contributed by atoms with Crippen LogP contribution in [0.4, 0.5) is 4.79 Å². The van der Waals surface area contributed by atoms with Gasteiger partial charge in [-0.1, -0.05) is 0 Å². The zero-order valence-electron chi connectivity index (χ0n) is 17.2. The van der Waals surface area contributed by atoms with E-state index >= 15 is 0 Å². The van der Waals surface area contributed by atoms with Gasteiger partial charge in [-0.3, -0.25) is 4.79 Å². The number of rotatable bonds is 5. The van der Waals surface area contributed by atoms with Crippen LogP contribution >= 0.6 is 0 Å². The summed E-state index contributed by atoms with van der Waals surface area (Å²) in [7, 11) is 0. The lowest BCUT2D eigenvalue weighted by molar-refractivity contribution is -0.132. The Balaban J connectivity index is 1.85. The summed E-state index contributed by atoms with van der Waals surface area (Å²) in [4.78, 5) is 28.3. The van der Waals surface area contributed by atoms with Gasteiger partial charge in [0.1, 0.15) is 5.60 Å². The lowest BCUT2D eigenvalue weighted by atomic mass is 9.90. The van der Waals surface area contributed by atoms with E-state index in [4.69, 9.17) is 9.47 Å². The van der Waals surface area contributed by atoms with Crippen molar-refractivity contribution in [2.45, 2.75) is 90.4 Å². The van der Waals surface area contributed by atoms with Crippen LogP contribution in [0.25, 0.3) is 0 Å². The third-order valence-electron chi connectivity index (χ3n) is 5.33. The number of carbonyl (C=O) groups excluding carboxylic acids is 2. The molecule has 2 amide bonds. The first kappa shape index (κ1) is 21.0. The van der Waals surface area contributed by atoms with Crippen molar-refractivity contribution in [3.05, 3.63) is 0 Å². The molecule has 6 nitrogen and oxygen atoms in total. The molecule has 2 saturated heterocycles. The van der Waals surface area contributed by atoms with Crippen LogP contribution in [-0.4, -0.2) is 65.3 Å². The van der Waals surface area contributed by atoms with Gasteiger partial charge in [0, 0.05) is 26.1 Å². The van der Waals surface area contributed by atoms with E-state index in [-0.39, 0.29) is 23.7 Å². The Morgan fingerprint density at radius 3 is 2.54 bits per heavy atom. The quantitative estimate of drug-likeness (QED) is 0.744. The number of likely N-dealkylation sites (tertiary alicyclic amines) is 1. The van der Waals surface area contributed by atoms with E-state index in [1.54, 1.807) is 4.90 Å². The number of carbonyl (C=O) groups is 2. The molecule has 6 heteroatoms. The van der Waals surface area contributed by atoms with Crippen molar-refractivity contribution in [3.63, 3.8) is 0 Å². The van der Waals surface area contributed by atoms with Gasteiger partial charge in [-0.2, -0.15) is 0 Å². The average molecular weight is 369 g/mol. The molecular formula is C20H36N2O4. The minimum atomic E-state index is -0.481. The largest absolute Gasteiger partial charge is 0.444 e. The van der Waals surface area contributed by atoms with Gasteiger partial charge < -0.3 is 19.3 Å². The predicted molar refractivity (Wildman–Crippen MR) is 101 cm³/mol. The van der Waals surface area contributed by atoms with E-state index in [9.17, 15) is 9.59 Å². The molecule has 0 aliphatic carbocycles. The minimum Gasteiger partial charge on any atom is -0.444 e. The summed E-state index contributed by atoms with van der Waals surface area (Å²) in [6.45, 7) is 12.5. The van der Waals surface area contributed by atoms with E-state index in [0.717, 1.165) is 51.7 Å². The molecule has 0 bridgehead atoms. The van der Waals surface area contributed by atoms with Gasteiger partial charge in [0.15, 0.2) is 0 Å². The van der Waals surface area contributed by atoms with Crippen molar-refractivity contribution in [3.8, 4) is 0 Å².